The van der Waals surface area contributed by atoms with Crippen molar-refractivity contribution in [3.63, 3.8) is 0 Å². The van der Waals surface area contributed by atoms with Crippen molar-refractivity contribution in [3.8, 4) is 11.5 Å². The van der Waals surface area contributed by atoms with Gasteiger partial charge in [-0.05, 0) is 47.2 Å². The smallest absolute Gasteiger partial charge is 0.227 e. The van der Waals surface area contributed by atoms with Crippen LogP contribution in [-0.2, 0) is 10.5 Å². The molecule has 9 heteroatoms. The van der Waals surface area contributed by atoms with Crippen molar-refractivity contribution in [1.82, 2.24) is 14.8 Å². The first kappa shape index (κ1) is 23.4. The van der Waals surface area contributed by atoms with Gasteiger partial charge in [0, 0.05) is 23.4 Å². The van der Waals surface area contributed by atoms with Crippen LogP contribution in [0.3, 0.4) is 0 Å². The van der Waals surface area contributed by atoms with Crippen molar-refractivity contribution < 1.29 is 18.7 Å². The number of methoxy groups -OCH3 is 2. The lowest BCUT2D eigenvalue weighted by atomic mass is 9.73. The molecule has 7 nitrogen and oxygen atoms in total. The summed E-state index contributed by atoms with van der Waals surface area (Å²) >= 11 is 1.42. The van der Waals surface area contributed by atoms with Gasteiger partial charge in [-0.3, -0.25) is 4.79 Å². The number of ketones is 1. The molecule has 0 bridgehead atoms. The van der Waals surface area contributed by atoms with E-state index in [4.69, 9.17) is 19.6 Å². The molecular formula is C26H27FN4O3S. The minimum absolute atomic E-state index is 0.0960. The molecular weight excluding hydrogens is 467 g/mol. The molecule has 0 fully saturated rings. The van der Waals surface area contributed by atoms with Crippen LogP contribution in [-0.4, -0.2) is 34.8 Å². The van der Waals surface area contributed by atoms with Crippen LogP contribution in [0.15, 0.2) is 58.9 Å². The lowest BCUT2D eigenvalue weighted by Gasteiger charge is -2.38. The number of carbonyl (C=O) groups excluding carboxylic acids is 1. The molecule has 0 unspecified atom stereocenters. The van der Waals surface area contributed by atoms with Gasteiger partial charge in [0.15, 0.2) is 17.3 Å². The van der Waals surface area contributed by atoms with Gasteiger partial charge in [-0.1, -0.05) is 43.8 Å². The Balaban J connectivity index is 1.55. The Morgan fingerprint density at radius 2 is 1.94 bits per heavy atom. The molecule has 2 aromatic carbocycles. The number of allylic oxidation sites excluding steroid dienone is 2. The zero-order valence-electron chi connectivity index (χ0n) is 20.1. The van der Waals surface area contributed by atoms with Gasteiger partial charge >= 0.3 is 0 Å². The molecule has 3 aromatic rings. The Kier molecular flexibility index (Phi) is 6.04. The lowest BCUT2D eigenvalue weighted by molar-refractivity contribution is -0.118. The zero-order chi connectivity index (χ0) is 24.7. The monoisotopic (exact) mass is 494 g/mol. The second-order valence-electron chi connectivity index (χ2n) is 9.56. The number of Topliss-reactive ketones (excluding diaryl/α,β-unsaturated/α-hetero) is 1. The first-order valence-corrected chi connectivity index (χ1v) is 12.4. The summed E-state index contributed by atoms with van der Waals surface area (Å²) in [4.78, 5) is 18.1. The number of rotatable bonds is 6. The highest BCUT2D eigenvalue weighted by molar-refractivity contribution is 7.98. The molecule has 2 heterocycles. The summed E-state index contributed by atoms with van der Waals surface area (Å²) < 4.78 is 26.3. The van der Waals surface area contributed by atoms with E-state index in [-0.39, 0.29) is 17.0 Å². The predicted octanol–water partition coefficient (Wildman–Crippen LogP) is 5.38. The van der Waals surface area contributed by atoms with Crippen LogP contribution in [0.4, 0.5) is 10.3 Å². The van der Waals surface area contributed by atoms with Crippen molar-refractivity contribution in [3.05, 3.63) is 70.7 Å². The van der Waals surface area contributed by atoms with Crippen LogP contribution in [0.1, 0.15) is 43.9 Å². The molecule has 2 aliphatic rings. The number of anilines is 1. The molecule has 182 valence electrons. The Morgan fingerprint density at radius 1 is 1.14 bits per heavy atom. The zero-order valence-corrected chi connectivity index (χ0v) is 20.9. The normalized spacial score (nSPS) is 18.5. The van der Waals surface area contributed by atoms with E-state index in [0.29, 0.717) is 40.4 Å². The number of fused-ring (bicyclic) bond motifs is 1. The van der Waals surface area contributed by atoms with Gasteiger partial charge in [0.25, 0.3) is 0 Å². The molecule has 1 aliphatic heterocycles. The van der Waals surface area contributed by atoms with Crippen LogP contribution in [0, 0.1) is 11.2 Å². The second kappa shape index (κ2) is 9.03. The van der Waals surface area contributed by atoms with Gasteiger partial charge in [0.2, 0.25) is 11.1 Å². The maximum Gasteiger partial charge on any atom is 0.227 e. The minimum atomic E-state index is -0.444. The third kappa shape index (κ3) is 4.52. The number of nitrogens with one attached hydrogen (secondary N) is 1. The fourth-order valence-electron chi connectivity index (χ4n) is 4.76. The molecule has 1 aliphatic carbocycles. The van der Waals surface area contributed by atoms with Crippen LogP contribution < -0.4 is 14.8 Å². The Morgan fingerprint density at radius 3 is 2.69 bits per heavy atom. The molecule has 5 rings (SSSR count). The molecule has 0 amide bonds. The van der Waals surface area contributed by atoms with Crippen molar-refractivity contribution >= 4 is 23.5 Å². The maximum absolute atomic E-state index is 13.6. The number of benzene rings is 2. The van der Waals surface area contributed by atoms with Gasteiger partial charge in [-0.2, -0.15) is 4.98 Å². The van der Waals surface area contributed by atoms with Gasteiger partial charge in [-0.25, -0.2) is 9.07 Å². The van der Waals surface area contributed by atoms with E-state index in [1.54, 1.807) is 25.0 Å². The van der Waals surface area contributed by atoms with Crippen LogP contribution >= 0.6 is 11.8 Å². The Bertz CT molecular complexity index is 1330. The fraction of sp³-hybridized carbons (Fsp3) is 0.346. The van der Waals surface area contributed by atoms with Gasteiger partial charge in [-0.15, -0.1) is 5.10 Å². The first-order chi connectivity index (χ1) is 16.8. The molecule has 0 saturated heterocycles. The molecule has 1 atom stereocenters. The standard InChI is InChI=1S/C26H27FN4O3S/c1-26(2)12-18-22(19(32)13-26)23(16-8-9-20(33-3)21(11-16)34-4)31-24(28-18)29-25(30-31)35-14-15-6-5-7-17(27)10-15/h5-11,23H,12-14H2,1-4H3,(H,28,29,30)/t23-/m0/s1. The topological polar surface area (TPSA) is 78.3 Å². The minimum Gasteiger partial charge on any atom is -0.493 e. The first-order valence-electron chi connectivity index (χ1n) is 11.4. The number of aromatic nitrogens is 3. The predicted molar refractivity (Wildman–Crippen MR) is 132 cm³/mol. The summed E-state index contributed by atoms with van der Waals surface area (Å²) in [6.45, 7) is 4.20. The van der Waals surface area contributed by atoms with E-state index in [2.05, 4.69) is 19.2 Å². The SMILES string of the molecule is COc1ccc([C@H]2C3=C(CC(C)(C)CC3=O)Nc3nc(SCc4cccc(F)c4)nn32)cc1OC. The highest BCUT2D eigenvalue weighted by atomic mass is 32.2. The van der Waals surface area contributed by atoms with Gasteiger partial charge in [0.1, 0.15) is 11.9 Å². The van der Waals surface area contributed by atoms with Crippen LogP contribution in [0.2, 0.25) is 0 Å². The van der Waals surface area contributed by atoms with E-state index >= 15 is 0 Å². The van der Waals surface area contributed by atoms with Gasteiger partial charge in [0.05, 0.1) is 14.2 Å². The summed E-state index contributed by atoms with van der Waals surface area (Å²) in [5.74, 6) is 2.13. The van der Waals surface area contributed by atoms with Gasteiger partial charge < -0.3 is 14.8 Å². The number of thioether (sulfide) groups is 1. The lowest BCUT2D eigenvalue weighted by Crippen LogP contribution is -2.36. The van der Waals surface area contributed by atoms with Crippen molar-refractivity contribution in [2.45, 2.75) is 43.6 Å². The summed E-state index contributed by atoms with van der Waals surface area (Å²) in [5, 5.41) is 8.69. The highest BCUT2D eigenvalue weighted by Crippen LogP contribution is 2.46. The van der Waals surface area contributed by atoms with E-state index in [0.717, 1.165) is 23.2 Å². The summed E-state index contributed by atoms with van der Waals surface area (Å²) in [7, 11) is 3.18. The van der Waals surface area contributed by atoms with E-state index in [9.17, 15) is 9.18 Å². The molecule has 0 spiro atoms. The molecule has 1 N–H and O–H groups in total. The quantitative estimate of drug-likeness (QED) is 0.461. The third-order valence-corrected chi connectivity index (χ3v) is 7.20. The van der Waals surface area contributed by atoms with Crippen molar-refractivity contribution in [1.29, 1.82) is 0 Å². The van der Waals surface area contributed by atoms with Crippen LogP contribution in [0.25, 0.3) is 0 Å². The number of halogens is 1. The number of nitrogens with zero attached hydrogens (tertiary/aromatic N) is 3. The van der Waals surface area contributed by atoms with E-state index in [1.807, 2.05) is 24.3 Å². The molecule has 0 saturated carbocycles. The van der Waals surface area contributed by atoms with Crippen molar-refractivity contribution in [2.75, 3.05) is 19.5 Å². The second-order valence-corrected chi connectivity index (χ2v) is 10.5. The Hall–Kier alpha value is -3.33. The fourth-order valence-corrected chi connectivity index (χ4v) is 5.53. The number of ether oxygens (including phenoxy) is 2. The number of carbonyl (C=O) groups is 1. The molecule has 35 heavy (non-hydrogen) atoms. The maximum atomic E-state index is 13.6. The summed E-state index contributed by atoms with van der Waals surface area (Å²) in [6.07, 6.45) is 1.19. The highest BCUT2D eigenvalue weighted by Gasteiger charge is 2.42. The van der Waals surface area contributed by atoms with E-state index < -0.39 is 6.04 Å². The number of hydrogen-bond donors (Lipinski definition) is 1. The average molecular weight is 495 g/mol. The van der Waals surface area contributed by atoms with Crippen LogP contribution in [0.5, 0.6) is 11.5 Å². The summed E-state index contributed by atoms with van der Waals surface area (Å²) in [5.41, 5.74) is 3.14. The summed E-state index contributed by atoms with van der Waals surface area (Å²) in [6, 6.07) is 11.7. The largest absolute Gasteiger partial charge is 0.493 e. The molecule has 0 radical (unpaired) electrons. The van der Waals surface area contributed by atoms with E-state index in [1.165, 1.54) is 23.9 Å². The Labute approximate surface area is 207 Å². The number of hydrogen-bond acceptors (Lipinski definition) is 7. The van der Waals surface area contributed by atoms with Crippen molar-refractivity contribution in [2.24, 2.45) is 5.41 Å². The average Bonchev–Trinajstić information content (AvgIpc) is 3.22. The third-order valence-electron chi connectivity index (χ3n) is 6.29. The molecule has 1 aromatic heterocycles.